The summed E-state index contributed by atoms with van der Waals surface area (Å²) in [5.41, 5.74) is -0.0797. The van der Waals surface area contributed by atoms with E-state index < -0.39 is 43.9 Å². The number of Topliss-reactive ketones (excluding diaryl/α,β-unsaturated/α-hetero) is 1. The van der Waals surface area contributed by atoms with Crippen molar-refractivity contribution in [1.82, 2.24) is 14.8 Å². The minimum absolute atomic E-state index is 0.133. The van der Waals surface area contributed by atoms with Gasteiger partial charge in [0.25, 0.3) is 15.7 Å². The molecule has 3 amide bonds. The Hall–Kier alpha value is -3.36. The van der Waals surface area contributed by atoms with E-state index in [1.165, 1.54) is 32.3 Å². The van der Waals surface area contributed by atoms with Gasteiger partial charge in [0.1, 0.15) is 11.7 Å². The first-order valence-corrected chi connectivity index (χ1v) is 13.6. The zero-order valence-electron chi connectivity index (χ0n) is 21.5. The summed E-state index contributed by atoms with van der Waals surface area (Å²) in [6, 6.07) is 3.88. The number of anilines is 1. The number of nitrogens with two attached hydrogens (primary N) is 1. The summed E-state index contributed by atoms with van der Waals surface area (Å²) in [7, 11) is -3.64. The summed E-state index contributed by atoms with van der Waals surface area (Å²) >= 11 is 0. The van der Waals surface area contributed by atoms with Crippen LogP contribution in [-0.2, 0) is 14.6 Å². The van der Waals surface area contributed by atoms with Crippen molar-refractivity contribution < 1.29 is 36.0 Å². The van der Waals surface area contributed by atoms with Gasteiger partial charge < -0.3 is 10.6 Å². The number of amides is 3. The summed E-state index contributed by atoms with van der Waals surface area (Å²) < 4.78 is 62.1. The van der Waals surface area contributed by atoms with Gasteiger partial charge in [-0.1, -0.05) is 0 Å². The molecule has 0 aliphatic carbocycles. The van der Waals surface area contributed by atoms with Gasteiger partial charge in [0.05, 0.1) is 10.6 Å². The van der Waals surface area contributed by atoms with Crippen molar-refractivity contribution >= 4 is 33.2 Å². The van der Waals surface area contributed by atoms with Gasteiger partial charge >= 0.3 is 11.5 Å². The third-order valence-corrected chi connectivity index (χ3v) is 8.74. The lowest BCUT2D eigenvalue weighted by Crippen LogP contribution is -2.49. The SMILES string of the molecule is CN1CCC(C(=O)c2cnccc2C(N)N2C(=O)N(c3ccc(S(=O)(=O)C(F)(F)F)cc3)C(=O)C2(C)C)CC1. The van der Waals surface area contributed by atoms with Crippen LogP contribution in [-0.4, -0.2) is 72.1 Å². The maximum Gasteiger partial charge on any atom is 0.501 e. The van der Waals surface area contributed by atoms with Crippen molar-refractivity contribution in [3.05, 3.63) is 53.9 Å². The fraction of sp³-hybridized carbons (Fsp3) is 0.440. The van der Waals surface area contributed by atoms with E-state index in [-0.39, 0.29) is 23.0 Å². The number of piperidine rings is 1. The first-order valence-electron chi connectivity index (χ1n) is 12.1. The van der Waals surface area contributed by atoms with E-state index in [0.717, 1.165) is 35.0 Å². The monoisotopic (exact) mass is 567 g/mol. The Bertz CT molecular complexity index is 1400. The molecular formula is C25H28F3N5O5S. The Labute approximate surface area is 223 Å². The summed E-state index contributed by atoms with van der Waals surface area (Å²) in [5.74, 6) is -1.13. The molecule has 4 rings (SSSR count). The molecule has 1 aromatic heterocycles. The number of likely N-dealkylation sites (tertiary alicyclic amines) is 1. The quantitative estimate of drug-likeness (QED) is 0.416. The Balaban J connectivity index is 1.66. The molecule has 2 fully saturated rings. The number of benzene rings is 1. The summed E-state index contributed by atoms with van der Waals surface area (Å²) in [4.78, 5) is 47.3. The molecule has 0 bridgehead atoms. The van der Waals surface area contributed by atoms with E-state index in [1.807, 2.05) is 7.05 Å². The maximum absolute atomic E-state index is 13.6. The van der Waals surface area contributed by atoms with E-state index in [1.54, 1.807) is 0 Å². The van der Waals surface area contributed by atoms with Crippen LogP contribution >= 0.6 is 0 Å². The number of nitrogens with zero attached hydrogens (tertiary/aromatic N) is 4. The molecule has 3 heterocycles. The number of ketones is 1. The van der Waals surface area contributed by atoms with Crippen molar-refractivity contribution in [2.24, 2.45) is 11.7 Å². The third kappa shape index (κ3) is 4.92. The van der Waals surface area contributed by atoms with Gasteiger partial charge in [-0.3, -0.25) is 19.5 Å². The first kappa shape index (κ1) is 28.6. The molecule has 210 valence electrons. The number of rotatable bonds is 6. The van der Waals surface area contributed by atoms with Crippen molar-refractivity contribution in [1.29, 1.82) is 0 Å². The minimum Gasteiger partial charge on any atom is -0.307 e. The average Bonchev–Trinajstić information content (AvgIpc) is 3.06. The number of sulfone groups is 1. The molecule has 14 heteroatoms. The molecule has 2 saturated heterocycles. The molecule has 0 spiro atoms. The van der Waals surface area contributed by atoms with Crippen LogP contribution in [0.4, 0.5) is 23.7 Å². The Morgan fingerprint density at radius 1 is 1.10 bits per heavy atom. The highest BCUT2D eigenvalue weighted by atomic mass is 32.2. The maximum atomic E-state index is 13.6. The molecule has 1 atom stereocenters. The van der Waals surface area contributed by atoms with Crippen LogP contribution in [0, 0.1) is 5.92 Å². The number of aromatic nitrogens is 1. The highest BCUT2D eigenvalue weighted by Crippen LogP contribution is 2.39. The predicted octanol–water partition coefficient (Wildman–Crippen LogP) is 3.10. The van der Waals surface area contributed by atoms with Gasteiger partial charge in [-0.2, -0.15) is 13.2 Å². The number of alkyl halides is 3. The van der Waals surface area contributed by atoms with Crippen LogP contribution in [0.5, 0.6) is 0 Å². The molecule has 0 saturated carbocycles. The molecule has 2 aliphatic heterocycles. The van der Waals surface area contributed by atoms with Crippen molar-refractivity contribution in [2.45, 2.75) is 48.8 Å². The van der Waals surface area contributed by atoms with E-state index in [9.17, 15) is 36.0 Å². The molecule has 2 aliphatic rings. The van der Waals surface area contributed by atoms with Gasteiger partial charge in [-0.15, -0.1) is 0 Å². The highest BCUT2D eigenvalue weighted by Gasteiger charge is 2.54. The lowest BCUT2D eigenvalue weighted by molar-refractivity contribution is -0.124. The van der Waals surface area contributed by atoms with Crippen LogP contribution in [0.1, 0.15) is 48.8 Å². The van der Waals surface area contributed by atoms with Crippen LogP contribution in [0.15, 0.2) is 47.6 Å². The van der Waals surface area contributed by atoms with E-state index in [4.69, 9.17) is 5.73 Å². The average molecular weight is 568 g/mol. The Kier molecular flexibility index (Phi) is 7.34. The summed E-state index contributed by atoms with van der Waals surface area (Å²) in [5, 5.41) is 0. The third-order valence-electron chi connectivity index (χ3n) is 7.24. The molecule has 1 aromatic carbocycles. The van der Waals surface area contributed by atoms with Crippen LogP contribution < -0.4 is 10.6 Å². The second-order valence-corrected chi connectivity index (χ2v) is 12.1. The predicted molar refractivity (Wildman–Crippen MR) is 134 cm³/mol. The van der Waals surface area contributed by atoms with E-state index in [2.05, 4.69) is 9.88 Å². The largest absolute Gasteiger partial charge is 0.501 e. The number of hydrogen-bond donors (Lipinski definition) is 1. The number of urea groups is 1. The number of hydrogen-bond acceptors (Lipinski definition) is 8. The lowest BCUT2D eigenvalue weighted by atomic mass is 9.87. The second-order valence-electron chi connectivity index (χ2n) is 10.1. The molecule has 1 unspecified atom stereocenters. The number of imide groups is 1. The normalized spacial score (nSPS) is 20.0. The Morgan fingerprint density at radius 3 is 2.26 bits per heavy atom. The van der Waals surface area contributed by atoms with Crippen molar-refractivity contribution in [3.63, 3.8) is 0 Å². The van der Waals surface area contributed by atoms with Gasteiger partial charge in [-0.05, 0) is 77.2 Å². The molecule has 2 N–H and O–H groups in total. The van der Waals surface area contributed by atoms with Gasteiger partial charge in [-0.25, -0.2) is 18.1 Å². The highest BCUT2D eigenvalue weighted by molar-refractivity contribution is 7.92. The first-order chi connectivity index (χ1) is 18.1. The zero-order valence-corrected chi connectivity index (χ0v) is 22.3. The molecule has 0 radical (unpaired) electrons. The van der Waals surface area contributed by atoms with Gasteiger partial charge in [0.2, 0.25) is 0 Å². The van der Waals surface area contributed by atoms with E-state index in [0.29, 0.717) is 30.5 Å². The second kappa shape index (κ2) is 9.99. The standard InChI is InChI=1S/C25H28F3N5O5S/c1-24(2)22(35)32(16-4-6-17(7-5-16)39(37,38)25(26,27)28)23(36)33(24)21(29)18-8-11-30-14-19(18)20(34)15-9-12-31(3)13-10-15/h4-8,11,14-15,21H,9-10,12-13,29H2,1-3H3. The van der Waals surface area contributed by atoms with E-state index >= 15 is 0 Å². The van der Waals surface area contributed by atoms with Crippen LogP contribution in [0.25, 0.3) is 0 Å². The van der Waals surface area contributed by atoms with Gasteiger partial charge in [0, 0.05) is 29.4 Å². The number of halogens is 3. The van der Waals surface area contributed by atoms with Crippen LogP contribution in [0.3, 0.4) is 0 Å². The molecular weight excluding hydrogens is 539 g/mol. The Morgan fingerprint density at radius 2 is 1.69 bits per heavy atom. The molecule has 39 heavy (non-hydrogen) atoms. The topological polar surface area (TPSA) is 134 Å². The van der Waals surface area contributed by atoms with Gasteiger partial charge in [0.15, 0.2) is 5.78 Å². The smallest absolute Gasteiger partial charge is 0.307 e. The number of carbonyl (C=O) groups excluding carboxylic acids is 3. The zero-order chi connectivity index (χ0) is 28.9. The summed E-state index contributed by atoms with van der Waals surface area (Å²) in [6.07, 6.45) is 2.88. The fourth-order valence-electron chi connectivity index (χ4n) is 4.91. The molecule has 2 aromatic rings. The number of carbonyl (C=O) groups is 3. The molecule has 10 nitrogen and oxygen atoms in total. The van der Waals surface area contributed by atoms with Crippen molar-refractivity contribution in [3.8, 4) is 0 Å². The number of pyridine rings is 1. The fourth-order valence-corrected chi connectivity index (χ4v) is 5.67. The summed E-state index contributed by atoms with van der Waals surface area (Å²) in [6.45, 7) is 4.41. The minimum atomic E-state index is -5.61. The van der Waals surface area contributed by atoms with Crippen LogP contribution in [0.2, 0.25) is 0 Å². The lowest BCUT2D eigenvalue weighted by Gasteiger charge is -2.34. The van der Waals surface area contributed by atoms with Crippen molar-refractivity contribution in [2.75, 3.05) is 25.0 Å².